The molecule has 1 aliphatic heterocycles. The second-order valence-electron chi connectivity index (χ2n) is 7.56. The van der Waals surface area contributed by atoms with Crippen molar-refractivity contribution in [2.24, 2.45) is 0 Å². The Balaban J connectivity index is 0. The molecule has 0 aromatic heterocycles. The van der Waals surface area contributed by atoms with Gasteiger partial charge in [0.05, 0.1) is 0 Å². The average molecular weight is 557 g/mol. The van der Waals surface area contributed by atoms with Crippen molar-refractivity contribution >= 4 is 28.0 Å². The average Bonchev–Trinajstić information content (AvgIpc) is 2.56. The number of rotatable bonds is 0. The molecule has 5 N–H and O–H groups in total. The molecule has 30 heavy (non-hydrogen) atoms. The van der Waals surface area contributed by atoms with Gasteiger partial charge in [-0.25, -0.2) is 0 Å². The molecule has 1 saturated heterocycles. The van der Waals surface area contributed by atoms with Crippen LogP contribution in [0.2, 0.25) is 0 Å². The van der Waals surface area contributed by atoms with E-state index < -0.39 is 7.81 Å². The van der Waals surface area contributed by atoms with Crippen molar-refractivity contribution in [2.75, 3.05) is 32.7 Å². The van der Waals surface area contributed by atoms with Gasteiger partial charge in [0.2, 0.25) is 0 Å². The summed E-state index contributed by atoms with van der Waals surface area (Å²) in [5, 5.41) is 17.9. The number of hydrogen-bond donors (Lipinski definition) is 5. The molecule has 0 aromatic rings. The van der Waals surface area contributed by atoms with Crippen molar-refractivity contribution in [1.82, 2.24) is 26.6 Å². The number of hydrogen-bond acceptors (Lipinski definition) is 5. The molecular formula is C15H35Cl2F6FeN5P. The van der Waals surface area contributed by atoms with Crippen molar-refractivity contribution in [3.8, 4) is 0 Å². The minimum atomic E-state index is -10.7. The molecule has 1 aliphatic rings. The Morgan fingerprint density at radius 2 is 0.633 bits per heavy atom. The van der Waals surface area contributed by atoms with Crippen LogP contribution in [0, 0.1) is 0 Å². The summed E-state index contributed by atoms with van der Waals surface area (Å²) >= 11 is 0.194. The third-order valence-corrected chi connectivity index (χ3v) is 3.86. The molecule has 0 radical (unpaired) electrons. The molecule has 0 bridgehead atoms. The standard InChI is InChI=1S/C15H35N5.2ClH.F6P.Fe/c1-11-6-17-13(3)8-19-15(5)10-20-14(4)9-18-12(2)7-16-11;;;1-7(2,3,4,5)6;/h11-20H,6-10H2,1-5H3;2*1H;;/q;;;-1;+3/p-2/t11-,12-,13+,14+,15-;;;;/m0..../s1. The monoisotopic (exact) mass is 556 g/mol. The van der Waals surface area contributed by atoms with Crippen LogP contribution in [0.25, 0.3) is 0 Å². The zero-order chi connectivity index (χ0) is 24.1. The zero-order valence-corrected chi connectivity index (χ0v) is 21.3. The molecule has 0 spiro atoms. The molecule has 15 heteroatoms. The molecular weight excluding hydrogens is 522 g/mol. The van der Waals surface area contributed by atoms with Gasteiger partial charge in [-0.15, -0.1) is 0 Å². The van der Waals surface area contributed by atoms with Crippen molar-refractivity contribution in [3.05, 3.63) is 0 Å². The Labute approximate surface area is 190 Å². The fourth-order valence-corrected chi connectivity index (χ4v) is 2.25. The predicted molar refractivity (Wildman–Crippen MR) is 113 cm³/mol. The van der Waals surface area contributed by atoms with Crippen LogP contribution >= 0.6 is 28.0 Å². The molecule has 0 saturated carbocycles. The molecule has 5 atom stereocenters. The first kappa shape index (κ1) is 33.1. The van der Waals surface area contributed by atoms with Crippen molar-refractivity contribution in [3.63, 3.8) is 0 Å². The number of halogens is 8. The summed E-state index contributed by atoms with van der Waals surface area (Å²) in [4.78, 5) is 0. The molecule has 189 valence electrons. The molecule has 0 unspecified atom stereocenters. The van der Waals surface area contributed by atoms with Gasteiger partial charge in [0.15, 0.2) is 0 Å². The Morgan fingerprint density at radius 1 is 0.533 bits per heavy atom. The number of nitrogens with one attached hydrogen (secondary N) is 5. The summed E-state index contributed by atoms with van der Waals surface area (Å²) in [6.07, 6.45) is 0. The van der Waals surface area contributed by atoms with Gasteiger partial charge in [0.1, 0.15) is 0 Å². The maximum absolute atomic E-state index is 10.7. The summed E-state index contributed by atoms with van der Waals surface area (Å²) in [6, 6.07) is 2.50. The van der Waals surface area contributed by atoms with E-state index >= 15 is 0 Å². The quantitative estimate of drug-likeness (QED) is 0.171. The molecule has 5 nitrogen and oxygen atoms in total. The Morgan fingerprint density at radius 3 is 0.733 bits per heavy atom. The van der Waals surface area contributed by atoms with Gasteiger partial charge in [-0.2, -0.15) is 0 Å². The fraction of sp³-hybridized carbons (Fsp3) is 1.00. The summed E-state index contributed by atoms with van der Waals surface area (Å²) < 4.78 is 59.2. The fourth-order valence-electron chi connectivity index (χ4n) is 2.25. The molecule has 0 aromatic carbocycles. The van der Waals surface area contributed by atoms with E-state index in [0.29, 0.717) is 30.2 Å². The zero-order valence-electron chi connectivity index (χ0n) is 17.7. The van der Waals surface area contributed by atoms with E-state index in [-0.39, 0.29) is 13.1 Å². The van der Waals surface area contributed by atoms with Crippen LogP contribution in [-0.2, 0) is 13.1 Å². The molecule has 1 fully saturated rings. The van der Waals surface area contributed by atoms with Gasteiger partial charge in [-0.1, -0.05) is 0 Å². The summed E-state index contributed by atoms with van der Waals surface area (Å²) in [5.74, 6) is 0. The first-order valence-electron chi connectivity index (χ1n) is 9.42. The van der Waals surface area contributed by atoms with E-state index in [0.717, 1.165) is 32.7 Å². The van der Waals surface area contributed by atoms with Crippen LogP contribution in [0.1, 0.15) is 34.6 Å². The van der Waals surface area contributed by atoms with Crippen molar-refractivity contribution in [2.45, 2.75) is 64.8 Å². The predicted octanol–water partition coefficient (Wildman–Crippen LogP) is 4.65. The van der Waals surface area contributed by atoms with Crippen LogP contribution in [0.15, 0.2) is 0 Å². The summed E-state index contributed by atoms with van der Waals surface area (Å²) in [6.45, 7) is 16.3. The maximum atomic E-state index is 9.87. The van der Waals surface area contributed by atoms with E-state index in [2.05, 4.69) is 61.2 Å². The van der Waals surface area contributed by atoms with E-state index in [1.807, 2.05) is 0 Å². The second kappa shape index (κ2) is 14.2. The Bertz CT molecular complexity index is 362. The third-order valence-electron chi connectivity index (χ3n) is 3.86. The minimum absolute atomic E-state index is 0.194. The van der Waals surface area contributed by atoms with Gasteiger partial charge in [0.25, 0.3) is 0 Å². The molecule has 1 heterocycles. The van der Waals surface area contributed by atoms with E-state index in [9.17, 15) is 25.2 Å². The van der Waals surface area contributed by atoms with Gasteiger partial charge in [0, 0.05) is 62.9 Å². The van der Waals surface area contributed by atoms with Crippen LogP contribution in [0.5, 0.6) is 0 Å². The van der Waals surface area contributed by atoms with Crippen molar-refractivity contribution in [1.29, 1.82) is 0 Å². The third kappa shape index (κ3) is 33.5. The first-order valence-corrected chi connectivity index (χ1v) is 14.5. The van der Waals surface area contributed by atoms with E-state index in [1.54, 1.807) is 0 Å². The van der Waals surface area contributed by atoms with E-state index in [4.69, 9.17) is 20.2 Å². The first-order chi connectivity index (χ1) is 13.3. The van der Waals surface area contributed by atoms with Gasteiger partial charge < -0.3 is 26.6 Å². The van der Waals surface area contributed by atoms with Gasteiger partial charge in [-0.3, -0.25) is 0 Å². The van der Waals surface area contributed by atoms with Crippen LogP contribution in [0.3, 0.4) is 0 Å². The van der Waals surface area contributed by atoms with Gasteiger partial charge >= 0.3 is 66.3 Å². The summed E-state index contributed by atoms with van der Waals surface area (Å²) in [7, 11) is -1.13. The summed E-state index contributed by atoms with van der Waals surface area (Å²) in [5.41, 5.74) is 0. The Hall–Kier alpha value is 0.909. The van der Waals surface area contributed by atoms with Crippen molar-refractivity contribution < 1.29 is 38.3 Å². The van der Waals surface area contributed by atoms with E-state index in [1.165, 1.54) is 0 Å². The second-order valence-corrected chi connectivity index (χ2v) is 11.3. The van der Waals surface area contributed by atoms with Crippen LogP contribution < -0.4 is 26.6 Å². The molecule has 1 rings (SSSR count). The molecule has 0 amide bonds. The normalized spacial score (nSPS) is 32.5. The Kier molecular flexibility index (Phi) is 15.7. The van der Waals surface area contributed by atoms with Crippen LogP contribution in [-0.4, -0.2) is 62.9 Å². The van der Waals surface area contributed by atoms with Crippen LogP contribution in [0.4, 0.5) is 25.2 Å². The molecule has 0 aliphatic carbocycles. The topological polar surface area (TPSA) is 60.1 Å². The SMILES string of the molecule is C[C@@H]1CN[C@@H](C)CN[C@H](C)CN[C@@H](C)CN[C@@H](C)CN1.F[P-](F)(F)(F)(F)F.[Cl][Fe+][Cl]. The van der Waals surface area contributed by atoms with Gasteiger partial charge in [-0.05, 0) is 34.6 Å².